The summed E-state index contributed by atoms with van der Waals surface area (Å²) in [7, 11) is 0. The minimum atomic E-state index is -0.184. The molecule has 0 aromatic heterocycles. The summed E-state index contributed by atoms with van der Waals surface area (Å²) in [5.41, 5.74) is 16.2. The lowest BCUT2D eigenvalue weighted by Gasteiger charge is -2.39. The van der Waals surface area contributed by atoms with Gasteiger partial charge in [-0.2, -0.15) is 5.26 Å². The molecule has 5 nitrogen and oxygen atoms in total. The first-order chi connectivity index (χ1) is 33.7. The molecule has 1 N–H and O–H groups in total. The van der Waals surface area contributed by atoms with E-state index in [1.807, 2.05) is 105 Å². The fourth-order valence-electron chi connectivity index (χ4n) is 10.4. The Labute approximate surface area is 406 Å². The van der Waals surface area contributed by atoms with Crippen LogP contribution in [0.1, 0.15) is 55.5 Å². The number of benzene rings is 6. The van der Waals surface area contributed by atoms with Crippen LogP contribution < -0.4 is 14.5 Å². The molecule has 1 aliphatic heterocycles. The van der Waals surface area contributed by atoms with Gasteiger partial charge in [-0.3, -0.25) is 0 Å². The number of ether oxygens (including phenoxy) is 1. The number of hydrogen-bond acceptors (Lipinski definition) is 5. The van der Waals surface area contributed by atoms with E-state index in [2.05, 4.69) is 158 Å². The average Bonchev–Trinajstić information content (AvgIpc) is 3.60. The van der Waals surface area contributed by atoms with Crippen LogP contribution in [0.2, 0.25) is 0 Å². The van der Waals surface area contributed by atoms with Gasteiger partial charge in [-0.1, -0.05) is 136 Å². The Morgan fingerprint density at radius 2 is 1.42 bits per heavy atom. The normalized spacial score (nSPS) is 17.7. The summed E-state index contributed by atoms with van der Waals surface area (Å²) in [6, 6.07) is 50.5. The minimum absolute atomic E-state index is 0.0573. The first-order valence-corrected chi connectivity index (χ1v) is 23.5. The fourth-order valence-corrected chi connectivity index (χ4v) is 10.4. The number of rotatable bonds is 12. The quantitative estimate of drug-likeness (QED) is 0.0980. The lowest BCUT2D eigenvalue weighted by molar-refractivity contribution is 0.343. The third kappa shape index (κ3) is 8.21. The van der Waals surface area contributed by atoms with Gasteiger partial charge in [0.25, 0.3) is 0 Å². The number of fused-ring (bicyclic) bond motifs is 5. The van der Waals surface area contributed by atoms with Gasteiger partial charge in [0.2, 0.25) is 0 Å². The Bertz CT molecular complexity index is 3350. The number of aromatic hydroxyl groups is 1. The number of hydrogen-bond donors (Lipinski definition) is 1. The van der Waals surface area contributed by atoms with Crippen molar-refractivity contribution in [1.29, 1.82) is 5.26 Å². The Hall–Kier alpha value is -8.59. The molecule has 0 amide bonds. The maximum atomic E-state index is 11.9. The molecule has 4 aliphatic rings. The number of phenolic OH excluding ortho intramolecular Hbond substituents is 1. The standard InChI is InChI=1S/C64H53N3O2/c1-6-18-46(19-7-2)67(47-23-12-9-13-24-47)50-31-33-54(60(68)40-50)51-35-36-61-63-56(51)26-16-27-57(63)55-34-30-49(41-62(55)69-61)66(37-17-20-44(42-65)38-43(3)45-21-10-8-11-22-45)48-29-32-53-52-25-14-15-28-58(52)64(4,5)59(53)39-48/h6-41,56,63,68H,1H2,2-5H3/b19-7?,37-17+,43-38?,44-20+,46-18+. The minimum Gasteiger partial charge on any atom is -0.507 e. The van der Waals surface area contributed by atoms with E-state index in [0.717, 1.165) is 67.8 Å². The SMILES string of the molecule is C=C/C=C(\C=CC)N(c1ccccc1)c1ccc(C2=CC=C3Oc4cc(N(/C=C/C=C(/C#N)C=C(C)c5ccccc5)c5ccc6c(c5)C(C)(C)c5ccccc5-6)ccc4C4=CC=CC2C34)c(O)c1. The highest BCUT2D eigenvalue weighted by Crippen LogP contribution is 2.55. The monoisotopic (exact) mass is 895 g/mol. The summed E-state index contributed by atoms with van der Waals surface area (Å²) in [6.45, 7) is 12.6. The van der Waals surface area contributed by atoms with Crippen molar-refractivity contribution in [3.63, 3.8) is 0 Å². The van der Waals surface area contributed by atoms with Crippen LogP contribution in [0.25, 0.3) is 27.8 Å². The van der Waals surface area contributed by atoms with E-state index in [1.165, 1.54) is 27.8 Å². The summed E-state index contributed by atoms with van der Waals surface area (Å²) >= 11 is 0. The molecule has 6 aromatic rings. The second-order valence-corrected chi connectivity index (χ2v) is 18.2. The van der Waals surface area contributed by atoms with Crippen LogP contribution in [0.3, 0.4) is 0 Å². The van der Waals surface area contributed by atoms with E-state index >= 15 is 0 Å². The van der Waals surface area contributed by atoms with Gasteiger partial charge in [0, 0.05) is 69.2 Å². The molecule has 3 aliphatic carbocycles. The van der Waals surface area contributed by atoms with Crippen molar-refractivity contribution in [2.75, 3.05) is 9.80 Å². The lowest BCUT2D eigenvalue weighted by atomic mass is 9.69. The number of para-hydroxylation sites is 1. The van der Waals surface area contributed by atoms with Crippen LogP contribution in [0.15, 0.2) is 242 Å². The second-order valence-electron chi connectivity index (χ2n) is 18.2. The molecule has 0 radical (unpaired) electrons. The average molecular weight is 896 g/mol. The summed E-state index contributed by atoms with van der Waals surface area (Å²) in [4.78, 5) is 4.30. The summed E-state index contributed by atoms with van der Waals surface area (Å²) in [5.74, 6) is 1.71. The molecule has 6 aromatic carbocycles. The molecule has 0 saturated heterocycles. The number of anilines is 4. The summed E-state index contributed by atoms with van der Waals surface area (Å²) < 4.78 is 6.92. The smallest absolute Gasteiger partial charge is 0.136 e. The molecule has 5 heteroatoms. The van der Waals surface area contributed by atoms with Crippen molar-refractivity contribution >= 4 is 39.5 Å². The van der Waals surface area contributed by atoms with Crippen molar-refractivity contribution in [3.8, 4) is 28.7 Å². The predicted octanol–water partition coefficient (Wildman–Crippen LogP) is 16.2. The van der Waals surface area contributed by atoms with E-state index in [4.69, 9.17) is 4.74 Å². The van der Waals surface area contributed by atoms with E-state index in [-0.39, 0.29) is 23.0 Å². The van der Waals surface area contributed by atoms with Crippen LogP contribution in [0, 0.1) is 23.2 Å². The van der Waals surface area contributed by atoms with Crippen LogP contribution in [-0.2, 0) is 5.41 Å². The van der Waals surface area contributed by atoms with E-state index < -0.39 is 0 Å². The molecule has 1 heterocycles. The molecule has 0 spiro atoms. The zero-order chi connectivity index (χ0) is 47.6. The first kappa shape index (κ1) is 44.3. The van der Waals surface area contributed by atoms with Crippen molar-refractivity contribution in [3.05, 3.63) is 270 Å². The number of nitriles is 1. The Morgan fingerprint density at radius 3 is 2.17 bits per heavy atom. The summed E-state index contributed by atoms with van der Waals surface area (Å²) in [6.07, 6.45) is 26.3. The van der Waals surface area contributed by atoms with E-state index in [0.29, 0.717) is 5.57 Å². The van der Waals surface area contributed by atoms with Gasteiger partial charge in [-0.05, 0) is 143 Å². The van der Waals surface area contributed by atoms with Crippen LogP contribution in [0.4, 0.5) is 22.7 Å². The molecule has 336 valence electrons. The molecule has 0 fully saturated rings. The lowest BCUT2D eigenvalue weighted by Crippen LogP contribution is -2.29. The molecule has 69 heavy (non-hydrogen) atoms. The van der Waals surface area contributed by atoms with Gasteiger partial charge < -0.3 is 19.6 Å². The van der Waals surface area contributed by atoms with Crippen molar-refractivity contribution in [2.45, 2.75) is 33.1 Å². The summed E-state index contributed by atoms with van der Waals surface area (Å²) in [5, 5.41) is 22.1. The topological polar surface area (TPSA) is 59.7 Å². The Balaban J connectivity index is 1.01. The van der Waals surface area contributed by atoms with Crippen molar-refractivity contribution < 1.29 is 9.84 Å². The zero-order valence-corrected chi connectivity index (χ0v) is 39.3. The number of phenols is 1. The molecule has 10 rings (SSSR count). The molecule has 0 bridgehead atoms. The van der Waals surface area contributed by atoms with Gasteiger partial charge >= 0.3 is 0 Å². The molecular formula is C64H53N3O2. The molecular weight excluding hydrogens is 843 g/mol. The molecule has 2 unspecified atom stereocenters. The second kappa shape index (κ2) is 18.6. The van der Waals surface area contributed by atoms with Gasteiger partial charge in [-0.15, -0.1) is 0 Å². The first-order valence-electron chi connectivity index (χ1n) is 23.5. The van der Waals surface area contributed by atoms with E-state index in [1.54, 1.807) is 6.08 Å². The number of allylic oxidation sites excluding steroid dienone is 16. The third-order valence-electron chi connectivity index (χ3n) is 13.7. The van der Waals surface area contributed by atoms with Crippen molar-refractivity contribution in [1.82, 2.24) is 0 Å². The number of nitrogens with zero attached hydrogens (tertiary/aromatic N) is 3. The molecule has 0 saturated carbocycles. The van der Waals surface area contributed by atoms with E-state index in [9.17, 15) is 10.4 Å². The van der Waals surface area contributed by atoms with Gasteiger partial charge in [0.1, 0.15) is 17.3 Å². The van der Waals surface area contributed by atoms with Crippen molar-refractivity contribution in [2.24, 2.45) is 11.8 Å². The largest absolute Gasteiger partial charge is 0.507 e. The van der Waals surface area contributed by atoms with Crippen LogP contribution in [0.5, 0.6) is 11.5 Å². The Morgan fingerprint density at radius 1 is 0.725 bits per heavy atom. The zero-order valence-electron chi connectivity index (χ0n) is 39.3. The Kier molecular flexibility index (Phi) is 11.9. The predicted molar refractivity (Wildman–Crippen MR) is 286 cm³/mol. The molecule has 2 atom stereocenters. The third-order valence-corrected chi connectivity index (χ3v) is 13.7. The highest BCUT2D eigenvalue weighted by atomic mass is 16.5. The van der Waals surface area contributed by atoms with Gasteiger partial charge in [0.15, 0.2) is 0 Å². The van der Waals surface area contributed by atoms with Crippen LogP contribution >= 0.6 is 0 Å². The fraction of sp³-hybridized carbons (Fsp3) is 0.109. The maximum Gasteiger partial charge on any atom is 0.136 e. The highest BCUT2D eigenvalue weighted by molar-refractivity contribution is 5.89. The van der Waals surface area contributed by atoms with Crippen LogP contribution in [-0.4, -0.2) is 5.11 Å². The van der Waals surface area contributed by atoms with Gasteiger partial charge in [0.05, 0.1) is 17.6 Å². The maximum absolute atomic E-state index is 11.9. The van der Waals surface area contributed by atoms with Gasteiger partial charge in [-0.25, -0.2) is 0 Å². The highest BCUT2D eigenvalue weighted by Gasteiger charge is 2.41.